The number of halogens is 3. The minimum absolute atomic E-state index is 0.141. The molecule has 0 saturated heterocycles. The lowest BCUT2D eigenvalue weighted by molar-refractivity contribution is 0.111. The van der Waals surface area contributed by atoms with Crippen LogP contribution in [0.1, 0.15) is 31.1 Å². The van der Waals surface area contributed by atoms with Crippen LogP contribution in [0.25, 0.3) is 22.9 Å². The van der Waals surface area contributed by atoms with Gasteiger partial charge in [0.1, 0.15) is 41.6 Å². The van der Waals surface area contributed by atoms with Crippen molar-refractivity contribution in [1.82, 2.24) is 9.97 Å². The van der Waals surface area contributed by atoms with Gasteiger partial charge in [-0.25, -0.2) is 18.7 Å². The normalized spacial score (nSPS) is 10.5. The van der Waals surface area contributed by atoms with E-state index in [1.54, 1.807) is 6.07 Å². The molecule has 2 heterocycles. The standard InChI is InChI=1S/C11H7FN2O2.C10H6FNO2.CH3F.CH4/c12-8-3-1-7(2-4-8)11-14-9(6-16-11)10(15)5-13;11-8-3-1-7(2-4-8)10-12-9(5-13)6-14-10;1-2;/h1-4,6,10,15H;1-6H;1H3;1H4/i;;;1D. The highest BCUT2D eigenvalue weighted by molar-refractivity contribution is 5.72. The van der Waals surface area contributed by atoms with Crippen LogP contribution in [-0.4, -0.2) is 28.5 Å². The first-order chi connectivity index (χ1) is 16.5. The van der Waals surface area contributed by atoms with Crippen LogP contribution in [0.5, 0.6) is 0 Å². The zero-order chi connectivity index (χ0) is 25.5. The third kappa shape index (κ3) is 7.45. The third-order valence-corrected chi connectivity index (χ3v) is 3.75. The Morgan fingerprint density at radius 2 is 1.42 bits per heavy atom. The topological polar surface area (TPSA) is 113 Å². The molecule has 0 aliphatic carbocycles. The van der Waals surface area contributed by atoms with Crippen molar-refractivity contribution in [2.75, 3.05) is 7.18 Å². The lowest BCUT2D eigenvalue weighted by atomic mass is 10.2. The Morgan fingerprint density at radius 3 is 1.85 bits per heavy atom. The summed E-state index contributed by atoms with van der Waals surface area (Å²) in [5.74, 6) is -0.125. The monoisotopic (exact) mass is 460 g/mol. The number of aromatic nitrogens is 2. The van der Waals surface area contributed by atoms with Gasteiger partial charge in [0.05, 0.1) is 7.18 Å². The summed E-state index contributed by atoms with van der Waals surface area (Å²) < 4.78 is 50.6. The van der Waals surface area contributed by atoms with Gasteiger partial charge in [0.15, 0.2) is 12.4 Å². The van der Waals surface area contributed by atoms with Crippen LogP contribution in [0.15, 0.2) is 69.9 Å². The van der Waals surface area contributed by atoms with Crippen molar-refractivity contribution < 1.29 is 33.3 Å². The summed E-state index contributed by atoms with van der Waals surface area (Å²) in [6, 6.07) is 12.9. The Labute approximate surface area is 189 Å². The average Bonchev–Trinajstić information content (AvgIpc) is 3.58. The molecular weight excluding hydrogens is 439 g/mol. The number of alkyl halides is 1. The van der Waals surface area contributed by atoms with Crippen molar-refractivity contribution in [2.24, 2.45) is 0 Å². The van der Waals surface area contributed by atoms with Gasteiger partial charge in [0.25, 0.3) is 0 Å². The van der Waals surface area contributed by atoms with Crippen molar-refractivity contribution in [3.63, 3.8) is 0 Å². The van der Waals surface area contributed by atoms with Crippen molar-refractivity contribution in [2.45, 2.75) is 13.5 Å². The Hall–Kier alpha value is -4.23. The fraction of sp³-hybridized carbons (Fsp3) is 0.130. The van der Waals surface area contributed by atoms with Gasteiger partial charge in [-0.1, -0.05) is 7.40 Å². The Morgan fingerprint density at radius 1 is 0.970 bits per heavy atom. The van der Waals surface area contributed by atoms with Gasteiger partial charge in [-0.15, -0.1) is 0 Å². The van der Waals surface area contributed by atoms with Gasteiger partial charge < -0.3 is 13.9 Å². The van der Waals surface area contributed by atoms with Crippen LogP contribution in [0.3, 0.4) is 0 Å². The number of benzene rings is 2. The van der Waals surface area contributed by atoms with E-state index in [2.05, 4.69) is 9.97 Å². The van der Waals surface area contributed by atoms with E-state index in [4.69, 9.17) is 15.5 Å². The number of aliphatic hydroxyl groups is 1. The predicted octanol–water partition coefficient (Wildman–Crippen LogP) is 5.55. The molecule has 0 amide bonds. The molecule has 172 valence electrons. The Kier molecular flexibility index (Phi) is 10.0. The summed E-state index contributed by atoms with van der Waals surface area (Å²) in [4.78, 5) is 18.1. The summed E-state index contributed by atoms with van der Waals surface area (Å²) in [5, 5.41) is 17.7. The van der Waals surface area contributed by atoms with E-state index in [0.717, 1.165) is 0 Å². The second kappa shape index (κ2) is 13.2. The van der Waals surface area contributed by atoms with Gasteiger partial charge >= 0.3 is 0 Å². The van der Waals surface area contributed by atoms with Crippen molar-refractivity contribution in [3.8, 4) is 29.0 Å². The van der Waals surface area contributed by atoms with E-state index in [9.17, 15) is 23.1 Å². The van der Waals surface area contributed by atoms with E-state index in [1.165, 1.54) is 68.5 Å². The second-order valence-corrected chi connectivity index (χ2v) is 5.82. The van der Waals surface area contributed by atoms with Gasteiger partial charge in [0.2, 0.25) is 11.8 Å². The van der Waals surface area contributed by atoms with E-state index in [0.29, 0.717) is 30.5 Å². The fourth-order valence-electron chi connectivity index (χ4n) is 2.27. The number of nitrogens with zero attached hydrogens (tertiary/aromatic N) is 3. The quantitative estimate of drug-likeness (QED) is 0.314. The van der Waals surface area contributed by atoms with Crippen molar-refractivity contribution in [3.05, 3.63) is 84.1 Å². The molecule has 1 atom stereocenters. The van der Waals surface area contributed by atoms with Crippen LogP contribution < -0.4 is 0 Å². The van der Waals surface area contributed by atoms with Crippen LogP contribution >= 0.6 is 0 Å². The summed E-state index contributed by atoms with van der Waals surface area (Å²) in [6.07, 6.45) is 1.74. The van der Waals surface area contributed by atoms with Crippen LogP contribution in [0.2, 0.25) is 0 Å². The molecule has 0 saturated carbocycles. The molecule has 10 heteroatoms. The maximum atomic E-state index is 12.7. The molecule has 1 N–H and O–H groups in total. The number of carbonyl (C=O) groups is 1. The second-order valence-electron chi connectivity index (χ2n) is 5.82. The molecule has 0 radical (unpaired) electrons. The Balaban J connectivity index is 0.000000299. The maximum Gasteiger partial charge on any atom is 0.226 e. The predicted molar refractivity (Wildman–Crippen MR) is 114 cm³/mol. The highest BCUT2D eigenvalue weighted by atomic mass is 19.1. The van der Waals surface area contributed by atoms with Gasteiger partial charge in [-0.2, -0.15) is 5.26 Å². The molecule has 0 aliphatic rings. The molecule has 2 aromatic carbocycles. The lowest BCUT2D eigenvalue weighted by Crippen LogP contribution is -1.92. The number of nitriles is 1. The molecular formula is C23H20F3N3O4. The summed E-state index contributed by atoms with van der Waals surface area (Å²) >= 11 is 0. The van der Waals surface area contributed by atoms with E-state index < -0.39 is 6.10 Å². The number of carbonyl (C=O) groups excluding carboxylic acids is 1. The number of hydrogen-bond acceptors (Lipinski definition) is 7. The summed E-state index contributed by atoms with van der Waals surface area (Å²) in [6.45, 7) is 0. The zero-order valence-electron chi connectivity index (χ0n) is 18.6. The first-order valence-electron chi connectivity index (χ1n) is 9.83. The largest absolute Gasteiger partial charge is 0.444 e. The molecule has 4 rings (SSSR count). The number of rotatable bonds is 4. The molecule has 0 bridgehead atoms. The molecule has 0 fully saturated rings. The molecule has 0 aliphatic heterocycles. The molecule has 33 heavy (non-hydrogen) atoms. The van der Waals surface area contributed by atoms with Crippen LogP contribution in [0.4, 0.5) is 13.2 Å². The minimum atomic E-state index is -1.31. The Bertz CT molecular complexity index is 1170. The molecule has 1 unspecified atom stereocenters. The fourth-order valence-corrected chi connectivity index (χ4v) is 2.27. The third-order valence-electron chi connectivity index (χ3n) is 3.75. The molecule has 4 aromatic rings. The maximum absolute atomic E-state index is 12.7. The molecule has 7 nitrogen and oxygen atoms in total. The van der Waals surface area contributed by atoms with E-state index >= 15 is 0 Å². The van der Waals surface area contributed by atoms with E-state index in [-0.39, 0.29) is 28.9 Å². The summed E-state index contributed by atoms with van der Waals surface area (Å²) in [5.41, 5.74) is 1.59. The number of oxazole rings is 2. The first kappa shape index (κ1) is 25.0. The summed E-state index contributed by atoms with van der Waals surface area (Å²) in [7, 11) is 1.75. The van der Waals surface area contributed by atoms with Crippen molar-refractivity contribution in [1.29, 1.82) is 5.26 Å². The SMILES string of the molecule is CF.N#CC(O)c1coc(-c2ccc(F)cc2)n1.O=Cc1coc(-c2ccc(F)cc2)n1.[2H]C. The smallest absolute Gasteiger partial charge is 0.226 e. The number of aldehydes is 1. The van der Waals surface area contributed by atoms with Gasteiger partial charge in [-0.3, -0.25) is 9.18 Å². The zero-order valence-corrected chi connectivity index (χ0v) is 17.6. The number of aliphatic hydroxyl groups excluding tert-OH is 1. The first-order valence-corrected chi connectivity index (χ1v) is 8.83. The number of hydrogen-bond donors (Lipinski definition) is 1. The van der Waals surface area contributed by atoms with E-state index in [1.807, 2.05) is 0 Å². The lowest BCUT2D eigenvalue weighted by Gasteiger charge is -1.94. The molecule has 2 aromatic heterocycles. The minimum Gasteiger partial charge on any atom is -0.444 e. The highest BCUT2D eigenvalue weighted by Gasteiger charge is 2.13. The van der Waals surface area contributed by atoms with Crippen LogP contribution in [0, 0.1) is 23.0 Å². The highest BCUT2D eigenvalue weighted by Crippen LogP contribution is 2.21. The van der Waals surface area contributed by atoms with Crippen molar-refractivity contribution >= 4 is 6.29 Å². The molecule has 0 spiro atoms. The van der Waals surface area contributed by atoms with Gasteiger partial charge in [-0.05, 0) is 48.5 Å². The average molecular weight is 460 g/mol. The van der Waals surface area contributed by atoms with Gasteiger partial charge in [0, 0.05) is 12.5 Å². The van der Waals surface area contributed by atoms with Crippen LogP contribution in [-0.2, 0) is 0 Å².